The Bertz CT molecular complexity index is 1160. The first-order valence-electron chi connectivity index (χ1n) is 10.8. The number of hydrogen-bond acceptors (Lipinski definition) is 6. The third kappa shape index (κ3) is 7.97. The minimum Gasteiger partial charge on any atom is -0.616 e. The SMILES string of the molecule is CCN(C(=O)C(C[S+]([O-])CCC(F)(F)F)=NOCc1ccccc1)c1cn(-c2cccnc2)nc1Cl. The first-order chi connectivity index (χ1) is 17.2. The molecule has 0 bridgehead atoms. The molecule has 0 radical (unpaired) electrons. The normalized spacial score (nSPS) is 12.9. The lowest BCUT2D eigenvalue weighted by Gasteiger charge is -2.21. The monoisotopic (exact) mass is 541 g/mol. The van der Waals surface area contributed by atoms with Crippen LogP contribution in [0.5, 0.6) is 0 Å². The highest BCUT2D eigenvalue weighted by Gasteiger charge is 2.32. The lowest BCUT2D eigenvalue weighted by Crippen LogP contribution is -2.40. The maximum Gasteiger partial charge on any atom is 0.393 e. The van der Waals surface area contributed by atoms with E-state index in [0.717, 1.165) is 5.56 Å². The van der Waals surface area contributed by atoms with Crippen LogP contribution in [0.25, 0.3) is 5.69 Å². The molecule has 0 spiro atoms. The highest BCUT2D eigenvalue weighted by atomic mass is 35.5. The molecule has 3 aromatic rings. The van der Waals surface area contributed by atoms with Crippen molar-refractivity contribution in [1.82, 2.24) is 14.8 Å². The number of aromatic nitrogens is 3. The quantitative estimate of drug-likeness (QED) is 0.202. The van der Waals surface area contributed by atoms with Crippen molar-refractivity contribution in [3.8, 4) is 5.69 Å². The molecule has 0 saturated heterocycles. The van der Waals surface area contributed by atoms with Crippen LogP contribution in [0.1, 0.15) is 18.9 Å². The summed E-state index contributed by atoms with van der Waals surface area (Å²) in [5.74, 6) is -1.90. The predicted octanol–water partition coefficient (Wildman–Crippen LogP) is 4.55. The Kier molecular flexibility index (Phi) is 9.73. The van der Waals surface area contributed by atoms with Crippen molar-refractivity contribution in [1.29, 1.82) is 0 Å². The molecule has 0 aliphatic heterocycles. The summed E-state index contributed by atoms with van der Waals surface area (Å²) in [4.78, 5) is 24.0. The molecule has 0 aliphatic rings. The van der Waals surface area contributed by atoms with E-state index < -0.39 is 41.2 Å². The summed E-state index contributed by atoms with van der Waals surface area (Å²) < 4.78 is 51.6. The zero-order chi connectivity index (χ0) is 26.1. The minimum absolute atomic E-state index is 0.0109. The second-order valence-corrected chi connectivity index (χ2v) is 9.40. The van der Waals surface area contributed by atoms with E-state index in [2.05, 4.69) is 15.2 Å². The van der Waals surface area contributed by atoms with Crippen molar-refractivity contribution in [2.45, 2.75) is 26.1 Å². The Morgan fingerprint density at radius 2 is 2.00 bits per heavy atom. The van der Waals surface area contributed by atoms with Gasteiger partial charge >= 0.3 is 6.18 Å². The molecule has 3 rings (SSSR count). The maximum absolute atomic E-state index is 13.4. The van der Waals surface area contributed by atoms with E-state index in [4.69, 9.17) is 16.4 Å². The molecule has 0 N–H and O–H groups in total. The zero-order valence-electron chi connectivity index (χ0n) is 19.2. The van der Waals surface area contributed by atoms with Gasteiger partial charge in [-0.2, -0.15) is 18.3 Å². The Morgan fingerprint density at radius 3 is 2.64 bits per heavy atom. The lowest BCUT2D eigenvalue weighted by atomic mass is 10.2. The molecule has 192 valence electrons. The summed E-state index contributed by atoms with van der Waals surface area (Å²) in [6.07, 6.45) is -1.05. The number of anilines is 1. The molecule has 0 saturated carbocycles. The van der Waals surface area contributed by atoms with Crippen LogP contribution in [0.4, 0.5) is 18.9 Å². The van der Waals surface area contributed by atoms with Crippen LogP contribution in [0, 0.1) is 0 Å². The Hall–Kier alpha value is -3.09. The average Bonchev–Trinajstić information content (AvgIpc) is 3.24. The van der Waals surface area contributed by atoms with Crippen molar-refractivity contribution in [3.05, 3.63) is 71.8 Å². The van der Waals surface area contributed by atoms with Gasteiger partial charge in [0.05, 0.1) is 24.5 Å². The topological polar surface area (TPSA) is 95.7 Å². The molecular formula is C23H23ClF3N5O3S. The van der Waals surface area contributed by atoms with Gasteiger partial charge in [-0.05, 0) is 35.8 Å². The number of pyridine rings is 1. The molecule has 1 amide bonds. The van der Waals surface area contributed by atoms with Gasteiger partial charge in [-0.15, -0.1) is 0 Å². The summed E-state index contributed by atoms with van der Waals surface area (Å²) in [6, 6.07) is 12.4. The van der Waals surface area contributed by atoms with Gasteiger partial charge in [-0.1, -0.05) is 47.1 Å². The molecule has 0 fully saturated rings. The number of carbonyl (C=O) groups is 1. The minimum atomic E-state index is -4.47. The van der Waals surface area contributed by atoms with Gasteiger partial charge in [0, 0.05) is 12.7 Å². The smallest absolute Gasteiger partial charge is 0.393 e. The fourth-order valence-electron chi connectivity index (χ4n) is 3.07. The number of benzene rings is 1. The number of alkyl halides is 3. The second-order valence-electron chi connectivity index (χ2n) is 7.46. The highest BCUT2D eigenvalue weighted by molar-refractivity contribution is 7.92. The fraction of sp³-hybridized carbons (Fsp3) is 0.304. The summed E-state index contributed by atoms with van der Waals surface area (Å²) in [6.45, 7) is 1.82. The van der Waals surface area contributed by atoms with Crippen LogP contribution in [-0.2, 0) is 27.4 Å². The number of oxime groups is 1. The van der Waals surface area contributed by atoms with E-state index in [1.165, 1.54) is 15.8 Å². The summed E-state index contributed by atoms with van der Waals surface area (Å²) in [5, 5.41) is 8.08. The van der Waals surface area contributed by atoms with Crippen LogP contribution in [-0.4, -0.2) is 55.2 Å². The molecule has 13 heteroatoms. The number of nitrogens with zero attached hydrogens (tertiary/aromatic N) is 5. The van der Waals surface area contributed by atoms with Crippen molar-refractivity contribution < 1.29 is 27.4 Å². The van der Waals surface area contributed by atoms with Crippen molar-refractivity contribution >= 4 is 40.1 Å². The zero-order valence-corrected chi connectivity index (χ0v) is 20.8. The number of rotatable bonds is 11. The maximum atomic E-state index is 13.4. The molecule has 1 atom stereocenters. The number of halogens is 4. The van der Waals surface area contributed by atoms with E-state index >= 15 is 0 Å². The Balaban J connectivity index is 1.83. The number of carbonyl (C=O) groups excluding carboxylic acids is 1. The molecule has 1 aromatic carbocycles. The van der Waals surface area contributed by atoms with E-state index in [0.29, 0.717) is 5.69 Å². The largest absolute Gasteiger partial charge is 0.616 e. The molecule has 8 nitrogen and oxygen atoms in total. The van der Waals surface area contributed by atoms with E-state index in [1.807, 2.05) is 6.07 Å². The van der Waals surface area contributed by atoms with Crippen molar-refractivity contribution in [2.24, 2.45) is 5.16 Å². The van der Waals surface area contributed by atoms with Crippen molar-refractivity contribution in [3.63, 3.8) is 0 Å². The first kappa shape index (κ1) is 27.5. The van der Waals surface area contributed by atoms with Crippen molar-refractivity contribution in [2.75, 3.05) is 23.0 Å². The predicted molar refractivity (Wildman–Crippen MR) is 132 cm³/mol. The standard InChI is InChI=1S/C23H23ClF3N5O3S/c1-2-31(20-14-32(29-21(20)24)18-9-6-11-28-13-18)22(33)19(16-36(34)12-10-23(25,26)27)30-35-15-17-7-4-3-5-8-17/h3-9,11,13-14H,2,10,12,15-16H2,1H3. The first-order valence-corrected chi connectivity index (χ1v) is 12.7. The van der Waals surface area contributed by atoms with Gasteiger partial charge in [0.2, 0.25) is 0 Å². The van der Waals surface area contributed by atoms with E-state index in [-0.39, 0.29) is 29.7 Å². The Morgan fingerprint density at radius 1 is 1.25 bits per heavy atom. The summed E-state index contributed by atoms with van der Waals surface area (Å²) >= 11 is 4.29. The lowest BCUT2D eigenvalue weighted by molar-refractivity contribution is -0.129. The molecule has 0 aliphatic carbocycles. The van der Waals surface area contributed by atoms with E-state index in [1.54, 1.807) is 55.7 Å². The second kappa shape index (κ2) is 12.7. The van der Waals surface area contributed by atoms with Gasteiger partial charge in [-0.3, -0.25) is 9.78 Å². The third-order valence-corrected chi connectivity index (χ3v) is 6.34. The van der Waals surface area contributed by atoms with Crippen LogP contribution < -0.4 is 4.90 Å². The molecule has 2 heterocycles. The molecule has 36 heavy (non-hydrogen) atoms. The van der Waals surface area contributed by atoms with Crippen LogP contribution >= 0.6 is 11.6 Å². The van der Waals surface area contributed by atoms with Crippen LogP contribution in [0.3, 0.4) is 0 Å². The molecule has 1 unspecified atom stereocenters. The number of hydrogen-bond donors (Lipinski definition) is 0. The Labute approximate surface area is 213 Å². The van der Waals surface area contributed by atoms with Gasteiger partial charge in [0.25, 0.3) is 5.91 Å². The van der Waals surface area contributed by atoms with E-state index in [9.17, 15) is 22.5 Å². The molecular weight excluding hydrogens is 519 g/mol. The van der Waals surface area contributed by atoms with Gasteiger partial charge in [0.15, 0.2) is 16.6 Å². The number of amides is 1. The van der Waals surface area contributed by atoms with Crippen LogP contribution in [0.15, 0.2) is 66.2 Å². The fourth-order valence-corrected chi connectivity index (χ4v) is 4.38. The van der Waals surface area contributed by atoms with Gasteiger partial charge < -0.3 is 14.3 Å². The highest BCUT2D eigenvalue weighted by Crippen LogP contribution is 2.27. The van der Waals surface area contributed by atoms with Crippen LogP contribution in [0.2, 0.25) is 5.15 Å². The van der Waals surface area contributed by atoms with Gasteiger partial charge in [-0.25, -0.2) is 4.68 Å². The summed E-state index contributed by atoms with van der Waals surface area (Å²) in [7, 11) is 0. The molecule has 2 aromatic heterocycles. The van der Waals surface area contributed by atoms with Gasteiger partial charge in [0.1, 0.15) is 18.0 Å². The summed E-state index contributed by atoms with van der Waals surface area (Å²) in [5.41, 5.74) is 1.31. The third-order valence-electron chi connectivity index (χ3n) is 4.82. The average molecular weight is 542 g/mol.